The van der Waals surface area contributed by atoms with E-state index >= 15 is 0 Å². The van der Waals surface area contributed by atoms with E-state index in [2.05, 4.69) is 20.7 Å². The molecule has 0 fully saturated rings. The SMILES string of the molecule is CN(CCNS(C)(=O)=O)C(=O)Cc1cccc(Br)c1. The smallest absolute Gasteiger partial charge is 0.226 e. The van der Waals surface area contributed by atoms with Crippen molar-refractivity contribution in [3.63, 3.8) is 0 Å². The summed E-state index contributed by atoms with van der Waals surface area (Å²) in [6.45, 7) is 0.569. The van der Waals surface area contributed by atoms with Crippen molar-refractivity contribution in [2.45, 2.75) is 6.42 Å². The molecule has 0 aliphatic carbocycles. The number of hydrogen-bond acceptors (Lipinski definition) is 3. The Hall–Kier alpha value is -0.920. The third kappa shape index (κ3) is 6.70. The molecule has 0 unspecified atom stereocenters. The van der Waals surface area contributed by atoms with Gasteiger partial charge in [0.25, 0.3) is 0 Å². The summed E-state index contributed by atoms with van der Waals surface area (Å²) in [4.78, 5) is 13.4. The molecule has 0 radical (unpaired) electrons. The molecule has 0 saturated heterocycles. The van der Waals surface area contributed by atoms with Crippen molar-refractivity contribution < 1.29 is 13.2 Å². The fraction of sp³-hybridized carbons (Fsp3) is 0.417. The van der Waals surface area contributed by atoms with Gasteiger partial charge in [-0.3, -0.25) is 4.79 Å². The average molecular weight is 349 g/mol. The average Bonchev–Trinajstić information content (AvgIpc) is 2.27. The Labute approximate surface area is 122 Å². The minimum absolute atomic E-state index is 0.0478. The number of benzene rings is 1. The summed E-state index contributed by atoms with van der Waals surface area (Å²) in [5.74, 6) is -0.0478. The van der Waals surface area contributed by atoms with Gasteiger partial charge < -0.3 is 4.90 Å². The number of hydrogen-bond donors (Lipinski definition) is 1. The van der Waals surface area contributed by atoms with Crippen LogP contribution in [0.5, 0.6) is 0 Å². The van der Waals surface area contributed by atoms with E-state index in [9.17, 15) is 13.2 Å². The zero-order valence-electron chi connectivity index (χ0n) is 10.9. The Bertz CT molecular complexity index is 546. The zero-order chi connectivity index (χ0) is 14.5. The molecule has 0 bridgehead atoms. The van der Waals surface area contributed by atoms with E-state index in [1.54, 1.807) is 7.05 Å². The number of rotatable bonds is 6. The van der Waals surface area contributed by atoms with Crippen molar-refractivity contribution in [2.24, 2.45) is 0 Å². The third-order valence-electron chi connectivity index (χ3n) is 2.48. The first-order chi connectivity index (χ1) is 8.78. The van der Waals surface area contributed by atoms with Crippen molar-refractivity contribution in [1.82, 2.24) is 9.62 Å². The summed E-state index contributed by atoms with van der Waals surface area (Å²) >= 11 is 3.35. The van der Waals surface area contributed by atoms with Crippen molar-refractivity contribution >= 4 is 31.9 Å². The summed E-state index contributed by atoms with van der Waals surface area (Å²) in [5, 5.41) is 0. The molecule has 19 heavy (non-hydrogen) atoms. The molecule has 5 nitrogen and oxygen atoms in total. The Kier molecular flexibility index (Phi) is 5.96. The van der Waals surface area contributed by atoms with Crippen LogP contribution in [0.2, 0.25) is 0 Å². The van der Waals surface area contributed by atoms with Gasteiger partial charge in [0.05, 0.1) is 12.7 Å². The molecule has 1 N–H and O–H groups in total. The lowest BCUT2D eigenvalue weighted by Gasteiger charge is -2.17. The Morgan fingerprint density at radius 1 is 1.42 bits per heavy atom. The fourth-order valence-corrected chi connectivity index (χ4v) is 2.39. The third-order valence-corrected chi connectivity index (χ3v) is 3.70. The van der Waals surface area contributed by atoms with Gasteiger partial charge in [-0.1, -0.05) is 28.1 Å². The quantitative estimate of drug-likeness (QED) is 0.833. The minimum Gasteiger partial charge on any atom is -0.344 e. The highest BCUT2D eigenvalue weighted by atomic mass is 79.9. The Morgan fingerprint density at radius 3 is 2.68 bits per heavy atom. The highest BCUT2D eigenvalue weighted by molar-refractivity contribution is 9.10. The second-order valence-corrected chi connectivity index (χ2v) is 7.04. The molecule has 1 aromatic carbocycles. The molecule has 1 amide bonds. The molecule has 0 aliphatic rings. The molecule has 0 saturated carbocycles. The molecule has 0 heterocycles. The van der Waals surface area contributed by atoms with Gasteiger partial charge in [-0.05, 0) is 17.7 Å². The largest absolute Gasteiger partial charge is 0.344 e. The number of amides is 1. The number of sulfonamides is 1. The normalized spacial score (nSPS) is 11.3. The molecule has 0 spiro atoms. The van der Waals surface area contributed by atoms with Gasteiger partial charge in [0.2, 0.25) is 15.9 Å². The lowest BCUT2D eigenvalue weighted by atomic mass is 10.1. The molecule has 1 aromatic rings. The van der Waals surface area contributed by atoms with Crippen LogP contribution >= 0.6 is 15.9 Å². The van der Waals surface area contributed by atoms with Crippen molar-refractivity contribution in [1.29, 1.82) is 0 Å². The van der Waals surface area contributed by atoms with Crippen LogP contribution in [0.3, 0.4) is 0 Å². The van der Waals surface area contributed by atoms with Crippen LogP contribution in [0.25, 0.3) is 0 Å². The lowest BCUT2D eigenvalue weighted by Crippen LogP contribution is -2.36. The number of carbonyl (C=O) groups is 1. The fourth-order valence-electron chi connectivity index (χ4n) is 1.48. The van der Waals surface area contributed by atoms with E-state index in [0.717, 1.165) is 16.3 Å². The van der Waals surface area contributed by atoms with Crippen LogP contribution in [0.1, 0.15) is 5.56 Å². The number of likely N-dealkylation sites (N-methyl/N-ethyl adjacent to an activating group) is 1. The standard InChI is InChI=1S/C12H17BrN2O3S/c1-15(7-6-14-19(2,17)18)12(16)9-10-4-3-5-11(13)8-10/h3-5,8,14H,6-7,9H2,1-2H3. The number of carbonyl (C=O) groups excluding carboxylic acids is 1. The van der Waals surface area contributed by atoms with Gasteiger partial charge in [0.1, 0.15) is 0 Å². The summed E-state index contributed by atoms with van der Waals surface area (Å²) < 4.78 is 25.1. The van der Waals surface area contributed by atoms with Gasteiger partial charge in [-0.25, -0.2) is 13.1 Å². The van der Waals surface area contributed by atoms with Gasteiger partial charge >= 0.3 is 0 Å². The Morgan fingerprint density at radius 2 is 2.11 bits per heavy atom. The lowest BCUT2D eigenvalue weighted by molar-refractivity contribution is -0.129. The molecule has 0 aromatic heterocycles. The number of halogens is 1. The van der Waals surface area contributed by atoms with E-state index in [-0.39, 0.29) is 12.5 Å². The second-order valence-electron chi connectivity index (χ2n) is 4.29. The van der Waals surface area contributed by atoms with Gasteiger partial charge in [0, 0.05) is 24.6 Å². The van der Waals surface area contributed by atoms with E-state index in [4.69, 9.17) is 0 Å². The van der Waals surface area contributed by atoms with Crippen LogP contribution in [-0.2, 0) is 21.2 Å². The van der Waals surface area contributed by atoms with E-state index in [1.165, 1.54) is 4.90 Å². The highest BCUT2D eigenvalue weighted by Gasteiger charge is 2.10. The van der Waals surface area contributed by atoms with Crippen LogP contribution in [-0.4, -0.2) is 45.6 Å². The minimum atomic E-state index is -3.20. The number of nitrogens with zero attached hydrogens (tertiary/aromatic N) is 1. The molecule has 106 valence electrons. The van der Waals surface area contributed by atoms with Gasteiger partial charge in [-0.15, -0.1) is 0 Å². The van der Waals surface area contributed by atoms with E-state index in [1.807, 2.05) is 24.3 Å². The van der Waals surface area contributed by atoms with Crippen LogP contribution in [0, 0.1) is 0 Å². The monoisotopic (exact) mass is 348 g/mol. The molecule has 7 heteroatoms. The zero-order valence-corrected chi connectivity index (χ0v) is 13.3. The van der Waals surface area contributed by atoms with Crippen molar-refractivity contribution in [3.8, 4) is 0 Å². The van der Waals surface area contributed by atoms with Crippen LogP contribution in [0.15, 0.2) is 28.7 Å². The molecular formula is C12H17BrN2O3S. The first-order valence-corrected chi connectivity index (χ1v) is 8.39. The summed E-state index contributed by atoms with van der Waals surface area (Å²) in [5.41, 5.74) is 0.919. The predicted octanol–water partition coefficient (Wildman–Crippen LogP) is 0.999. The molecular weight excluding hydrogens is 332 g/mol. The molecule has 1 rings (SSSR count). The van der Waals surface area contributed by atoms with E-state index < -0.39 is 10.0 Å². The maximum Gasteiger partial charge on any atom is 0.226 e. The summed E-state index contributed by atoms with van der Waals surface area (Å²) in [6.07, 6.45) is 1.39. The summed E-state index contributed by atoms with van der Waals surface area (Å²) in [6, 6.07) is 7.54. The van der Waals surface area contributed by atoms with Crippen LogP contribution < -0.4 is 4.72 Å². The maximum absolute atomic E-state index is 11.9. The summed E-state index contributed by atoms with van der Waals surface area (Å²) in [7, 11) is -1.55. The van der Waals surface area contributed by atoms with Crippen LogP contribution in [0.4, 0.5) is 0 Å². The number of nitrogens with one attached hydrogen (secondary N) is 1. The van der Waals surface area contributed by atoms with Gasteiger partial charge in [0.15, 0.2) is 0 Å². The molecule has 0 aliphatic heterocycles. The van der Waals surface area contributed by atoms with Gasteiger partial charge in [-0.2, -0.15) is 0 Å². The van der Waals surface area contributed by atoms with Crippen molar-refractivity contribution in [2.75, 3.05) is 26.4 Å². The highest BCUT2D eigenvalue weighted by Crippen LogP contribution is 2.12. The topological polar surface area (TPSA) is 66.5 Å². The Balaban J connectivity index is 2.45. The molecule has 0 atom stereocenters. The first kappa shape index (κ1) is 16.1. The van der Waals surface area contributed by atoms with Crippen molar-refractivity contribution in [3.05, 3.63) is 34.3 Å². The maximum atomic E-state index is 11.9. The van der Waals surface area contributed by atoms with E-state index in [0.29, 0.717) is 13.0 Å². The predicted molar refractivity (Wildman–Crippen MR) is 78.3 cm³/mol. The first-order valence-electron chi connectivity index (χ1n) is 5.71. The second kappa shape index (κ2) is 7.02.